The first-order valence-corrected chi connectivity index (χ1v) is 4.89. The van der Waals surface area contributed by atoms with Crippen molar-refractivity contribution in [2.75, 3.05) is 0 Å². The number of halogens is 5. The number of rotatable bonds is 1. The van der Waals surface area contributed by atoms with Gasteiger partial charge in [0, 0.05) is 5.56 Å². The first-order chi connectivity index (χ1) is 7.50. The van der Waals surface area contributed by atoms with Gasteiger partial charge in [-0.3, -0.25) is 0 Å². The first-order valence-electron chi connectivity index (χ1n) is 4.02. The van der Waals surface area contributed by atoms with Gasteiger partial charge in [0.15, 0.2) is 11.6 Å². The molecule has 0 radical (unpaired) electrons. The lowest BCUT2D eigenvalue weighted by Crippen LogP contribution is -2.08. The lowest BCUT2D eigenvalue weighted by molar-refractivity contribution is 0.163. The average molecular weight is 271 g/mol. The zero-order valence-electron chi connectivity index (χ0n) is 7.44. The van der Waals surface area contributed by atoms with Gasteiger partial charge in [0.25, 0.3) is 0 Å². The Labute approximate surface area is 98.2 Å². The molecule has 2 nitrogen and oxygen atoms in total. The molecule has 16 heavy (non-hydrogen) atoms. The van der Waals surface area contributed by atoms with Crippen LogP contribution < -0.4 is 9.47 Å². The predicted molar refractivity (Wildman–Crippen MR) is 51.3 cm³/mol. The first kappa shape index (κ1) is 11.4. The second-order valence-corrected chi connectivity index (χ2v) is 3.94. The van der Waals surface area contributed by atoms with E-state index in [-0.39, 0.29) is 11.3 Å². The molecule has 0 N–H and O–H groups in total. The Balaban J connectivity index is 2.51. The Morgan fingerprint density at radius 1 is 1.00 bits per heavy atom. The molecule has 0 bridgehead atoms. The maximum absolute atomic E-state index is 13.6. The monoisotopic (exact) mass is 270 g/mol. The molecule has 0 saturated heterocycles. The van der Waals surface area contributed by atoms with E-state index in [2.05, 4.69) is 9.47 Å². The molecule has 1 aromatic carbocycles. The molecule has 0 aromatic heterocycles. The molecule has 1 aromatic rings. The molecule has 1 aliphatic rings. The summed E-state index contributed by atoms with van der Waals surface area (Å²) in [7, 11) is 0. The van der Waals surface area contributed by atoms with Crippen molar-refractivity contribution in [1.82, 2.24) is 0 Å². The fourth-order valence-corrected chi connectivity index (χ4v) is 1.50. The summed E-state index contributed by atoms with van der Waals surface area (Å²) < 4.78 is 47.6. The summed E-state index contributed by atoms with van der Waals surface area (Å²) in [5, 5.41) is 0. The summed E-state index contributed by atoms with van der Waals surface area (Å²) in [4.78, 5) is -1.15. The van der Waals surface area contributed by atoms with Crippen LogP contribution in [0, 0.1) is 5.82 Å². The summed E-state index contributed by atoms with van der Waals surface area (Å²) in [6.07, 6.45) is 0. The van der Waals surface area contributed by atoms with E-state index in [1.807, 2.05) is 0 Å². The van der Waals surface area contributed by atoms with Gasteiger partial charge in [-0.15, -0.1) is 0 Å². The Bertz CT molecular complexity index is 474. The molecule has 2 rings (SSSR count). The van der Waals surface area contributed by atoms with E-state index in [9.17, 15) is 13.2 Å². The number of fused-ring (bicyclic) bond motifs is 1. The van der Waals surface area contributed by atoms with Gasteiger partial charge in [-0.1, -0.05) is 23.2 Å². The Morgan fingerprint density at radius 2 is 1.62 bits per heavy atom. The summed E-state index contributed by atoms with van der Waals surface area (Å²) in [5.74, 6) is -1.85. The number of hydrogen-bond donors (Lipinski definition) is 0. The van der Waals surface area contributed by atoms with E-state index in [1.54, 1.807) is 0 Å². The molecule has 0 aliphatic carbocycles. The van der Waals surface area contributed by atoms with Crippen molar-refractivity contribution in [3.05, 3.63) is 35.5 Å². The number of ether oxygens (including phenoxy) is 2. The largest absolute Gasteiger partial charge is 0.423 e. The maximum Gasteiger partial charge on any atom is 0.352 e. The van der Waals surface area contributed by atoms with Gasteiger partial charge in [-0.05, 0) is 12.1 Å². The molecule has 0 fully saturated rings. The van der Waals surface area contributed by atoms with E-state index in [4.69, 9.17) is 23.2 Å². The van der Waals surface area contributed by atoms with Crippen molar-refractivity contribution >= 4 is 23.2 Å². The molecule has 0 unspecified atom stereocenters. The second kappa shape index (κ2) is 4.07. The van der Waals surface area contributed by atoms with E-state index in [1.165, 1.54) is 12.1 Å². The van der Waals surface area contributed by atoms with Crippen molar-refractivity contribution < 1.29 is 22.6 Å². The highest BCUT2D eigenvalue weighted by Gasteiger charge is 2.28. The fourth-order valence-electron chi connectivity index (χ4n) is 1.16. The highest BCUT2D eigenvalue weighted by atomic mass is 35.5. The molecule has 7 heteroatoms. The third-order valence-electron chi connectivity index (χ3n) is 1.87. The Hall–Kier alpha value is -1.07. The van der Waals surface area contributed by atoms with Crippen LogP contribution in [0.2, 0.25) is 0 Å². The molecular weight excluding hydrogens is 268 g/mol. The van der Waals surface area contributed by atoms with Gasteiger partial charge in [0.2, 0.25) is 5.75 Å². The van der Waals surface area contributed by atoms with Crippen molar-refractivity contribution in [1.29, 1.82) is 0 Å². The summed E-state index contributed by atoms with van der Waals surface area (Å²) in [5.41, 5.74) is -0.110. The highest BCUT2D eigenvalue weighted by molar-refractivity contribution is 6.44. The quantitative estimate of drug-likeness (QED) is 0.714. The summed E-state index contributed by atoms with van der Waals surface area (Å²) >= 11 is 10.9. The molecule has 1 heterocycles. The minimum Gasteiger partial charge on any atom is -0.423 e. The summed E-state index contributed by atoms with van der Waals surface area (Å²) in [6, 6.07) is -0.840. The third kappa shape index (κ3) is 1.81. The lowest BCUT2D eigenvalue weighted by atomic mass is 10.2. The van der Waals surface area contributed by atoms with Gasteiger partial charge < -0.3 is 9.47 Å². The van der Waals surface area contributed by atoms with Crippen molar-refractivity contribution in [2.45, 2.75) is 4.84 Å². The van der Waals surface area contributed by atoms with Crippen LogP contribution in [0.4, 0.5) is 13.2 Å². The van der Waals surface area contributed by atoms with Crippen LogP contribution in [0.25, 0.3) is 0 Å². The molecule has 1 aliphatic heterocycles. The van der Waals surface area contributed by atoms with Crippen LogP contribution in [0.5, 0.6) is 11.5 Å². The molecule has 86 valence electrons. The van der Waals surface area contributed by atoms with Crippen molar-refractivity contribution in [2.24, 2.45) is 0 Å². The topological polar surface area (TPSA) is 18.5 Å². The van der Waals surface area contributed by atoms with Gasteiger partial charge in [0.05, 0.1) is 0 Å². The minimum absolute atomic E-state index is 0.110. The maximum atomic E-state index is 13.6. The molecule has 0 saturated carbocycles. The number of benzene rings is 1. The standard InChI is InChI=1S/C9H3Cl2F3O2/c10-7(11)3-1-2-4-6(5(3)12)16-9(14)8(13)15-4/h1-2,7H. The SMILES string of the molecule is FC1=C(F)Oc2c(ccc(C(Cl)Cl)c2F)O1. The van der Waals surface area contributed by atoms with Gasteiger partial charge in [-0.25, -0.2) is 4.39 Å². The zero-order valence-corrected chi connectivity index (χ0v) is 8.95. The number of alkyl halides is 2. The van der Waals surface area contributed by atoms with Gasteiger partial charge >= 0.3 is 12.0 Å². The van der Waals surface area contributed by atoms with Crippen LogP contribution in [0.15, 0.2) is 24.2 Å². The van der Waals surface area contributed by atoms with E-state index in [0.29, 0.717) is 0 Å². The predicted octanol–water partition coefficient (Wildman–Crippen LogP) is 4.14. The van der Waals surface area contributed by atoms with Crippen LogP contribution in [0.1, 0.15) is 10.4 Å². The molecule has 0 atom stereocenters. The van der Waals surface area contributed by atoms with E-state index < -0.39 is 28.4 Å². The molecule has 0 spiro atoms. The van der Waals surface area contributed by atoms with Gasteiger partial charge in [-0.2, -0.15) is 8.78 Å². The fraction of sp³-hybridized carbons (Fsp3) is 0.111. The second-order valence-electron chi connectivity index (χ2n) is 2.85. The lowest BCUT2D eigenvalue weighted by Gasteiger charge is -2.17. The van der Waals surface area contributed by atoms with Crippen molar-refractivity contribution in [3.8, 4) is 11.5 Å². The van der Waals surface area contributed by atoms with Crippen LogP contribution >= 0.6 is 23.2 Å². The summed E-state index contributed by atoms with van der Waals surface area (Å²) in [6.45, 7) is 0. The Morgan fingerprint density at radius 3 is 2.25 bits per heavy atom. The van der Waals surface area contributed by atoms with E-state index >= 15 is 0 Å². The van der Waals surface area contributed by atoms with E-state index in [0.717, 1.165) is 0 Å². The number of hydrogen-bond acceptors (Lipinski definition) is 2. The van der Waals surface area contributed by atoms with Gasteiger partial charge in [0.1, 0.15) is 4.84 Å². The highest BCUT2D eigenvalue weighted by Crippen LogP contribution is 2.42. The normalized spacial score (nSPS) is 14.6. The van der Waals surface area contributed by atoms with Crippen LogP contribution in [0.3, 0.4) is 0 Å². The minimum atomic E-state index is -1.65. The van der Waals surface area contributed by atoms with Crippen LogP contribution in [-0.2, 0) is 0 Å². The molecular formula is C9H3Cl2F3O2. The van der Waals surface area contributed by atoms with Crippen molar-refractivity contribution in [3.63, 3.8) is 0 Å². The Kier molecular flexibility index (Phi) is 2.90. The molecule has 0 amide bonds. The zero-order chi connectivity index (χ0) is 11.9. The average Bonchev–Trinajstić information content (AvgIpc) is 2.21. The third-order valence-corrected chi connectivity index (χ3v) is 2.34. The van der Waals surface area contributed by atoms with Crippen LogP contribution in [-0.4, -0.2) is 0 Å². The smallest absolute Gasteiger partial charge is 0.352 e.